The predicted octanol–water partition coefficient (Wildman–Crippen LogP) is 2.57. The highest BCUT2D eigenvalue weighted by Gasteiger charge is 2.64. The zero-order valence-corrected chi connectivity index (χ0v) is 8.41. The van der Waals surface area contributed by atoms with Crippen LogP contribution in [0.25, 0.3) is 0 Å². The number of carbonyl (C=O) groups excluding carboxylic acids is 1. The van der Waals surface area contributed by atoms with Crippen LogP contribution in [0.1, 0.15) is 32.1 Å². The third kappa shape index (κ3) is 0.600. The molecule has 4 bridgehead atoms. The Kier molecular flexibility index (Phi) is 1.18. The van der Waals surface area contributed by atoms with Crippen molar-refractivity contribution in [1.82, 2.24) is 0 Å². The van der Waals surface area contributed by atoms with Gasteiger partial charge in [-0.3, -0.25) is 4.79 Å². The highest BCUT2D eigenvalue weighted by Crippen LogP contribution is 2.67. The van der Waals surface area contributed by atoms with E-state index in [0.717, 1.165) is 24.2 Å². The number of rotatable bonds is 0. The number of Topliss-reactive ketones (excluding diaryl/α,β-unsaturated/α-hetero) is 1. The average molecular weight is 188 g/mol. The summed E-state index contributed by atoms with van der Waals surface area (Å²) in [6.07, 6.45) is 10.8. The van der Waals surface area contributed by atoms with Crippen molar-refractivity contribution in [1.29, 1.82) is 0 Å². The maximum absolute atomic E-state index is 12.1. The summed E-state index contributed by atoms with van der Waals surface area (Å²) in [4.78, 5) is 12.1. The molecule has 0 unspecified atom stereocenters. The first-order chi connectivity index (χ1) is 6.82. The SMILES string of the molecule is O=C1CC[C@@H]2[C@@H]3C=C[C@H]4[C@H](CC[C@@]124)C3. The normalized spacial score (nSPS) is 58.1. The lowest BCUT2D eigenvalue weighted by Gasteiger charge is -2.48. The summed E-state index contributed by atoms with van der Waals surface area (Å²) in [5.41, 5.74) is 0.155. The molecule has 74 valence electrons. The molecule has 5 aliphatic carbocycles. The van der Waals surface area contributed by atoms with Gasteiger partial charge in [0.25, 0.3) is 0 Å². The fourth-order valence-electron chi connectivity index (χ4n) is 5.11. The zero-order chi connectivity index (χ0) is 9.34. The van der Waals surface area contributed by atoms with Gasteiger partial charge in [0.2, 0.25) is 0 Å². The molecule has 3 saturated carbocycles. The summed E-state index contributed by atoms with van der Waals surface area (Å²) < 4.78 is 0. The van der Waals surface area contributed by atoms with E-state index in [1.165, 1.54) is 25.7 Å². The van der Waals surface area contributed by atoms with Gasteiger partial charge in [0.1, 0.15) is 5.78 Å². The van der Waals surface area contributed by atoms with E-state index in [4.69, 9.17) is 0 Å². The fraction of sp³-hybridized carbons (Fsp3) is 0.769. The molecule has 1 spiro atoms. The molecule has 0 aromatic carbocycles. The van der Waals surface area contributed by atoms with E-state index in [9.17, 15) is 4.79 Å². The van der Waals surface area contributed by atoms with E-state index in [1.54, 1.807) is 0 Å². The Hall–Kier alpha value is -0.590. The minimum Gasteiger partial charge on any atom is -0.299 e. The molecule has 0 amide bonds. The fourth-order valence-corrected chi connectivity index (χ4v) is 5.11. The summed E-state index contributed by atoms with van der Waals surface area (Å²) in [7, 11) is 0. The molecule has 0 aliphatic heterocycles. The maximum Gasteiger partial charge on any atom is 0.139 e. The second kappa shape index (κ2) is 2.15. The van der Waals surface area contributed by atoms with E-state index in [2.05, 4.69) is 12.2 Å². The molecule has 5 rings (SSSR count). The van der Waals surface area contributed by atoms with Crippen LogP contribution < -0.4 is 0 Å². The average Bonchev–Trinajstić information content (AvgIpc) is 2.72. The van der Waals surface area contributed by atoms with Crippen LogP contribution in [0.5, 0.6) is 0 Å². The van der Waals surface area contributed by atoms with E-state index >= 15 is 0 Å². The van der Waals surface area contributed by atoms with E-state index in [0.29, 0.717) is 11.7 Å². The molecular weight excluding hydrogens is 172 g/mol. The molecule has 5 atom stereocenters. The van der Waals surface area contributed by atoms with Gasteiger partial charge in [-0.1, -0.05) is 12.2 Å². The van der Waals surface area contributed by atoms with Crippen LogP contribution in [0, 0.1) is 29.1 Å². The Labute approximate surface area is 84.6 Å². The van der Waals surface area contributed by atoms with Gasteiger partial charge in [-0.25, -0.2) is 0 Å². The Morgan fingerprint density at radius 1 is 1.29 bits per heavy atom. The highest BCUT2D eigenvalue weighted by molar-refractivity contribution is 5.89. The van der Waals surface area contributed by atoms with E-state index < -0.39 is 0 Å². The summed E-state index contributed by atoms with van der Waals surface area (Å²) >= 11 is 0. The lowest BCUT2D eigenvalue weighted by atomic mass is 9.55. The summed E-state index contributed by atoms with van der Waals surface area (Å²) in [5, 5.41) is 0. The Morgan fingerprint density at radius 3 is 3.14 bits per heavy atom. The van der Waals surface area contributed by atoms with Crippen LogP contribution in [0.4, 0.5) is 0 Å². The smallest absolute Gasteiger partial charge is 0.139 e. The summed E-state index contributed by atoms with van der Waals surface area (Å²) in [5.74, 6) is 3.63. The molecule has 0 aromatic rings. The van der Waals surface area contributed by atoms with Crippen molar-refractivity contribution >= 4 is 5.78 Å². The van der Waals surface area contributed by atoms with Crippen LogP contribution >= 0.6 is 0 Å². The molecule has 3 fully saturated rings. The third-order valence-corrected chi connectivity index (χ3v) is 5.55. The summed E-state index contributed by atoms with van der Waals surface area (Å²) in [6.45, 7) is 0. The molecule has 0 N–H and O–H groups in total. The molecule has 0 aromatic heterocycles. The van der Waals surface area contributed by atoms with Crippen LogP contribution in [0.15, 0.2) is 12.2 Å². The molecule has 1 nitrogen and oxygen atoms in total. The second-order valence-electron chi connectivity index (χ2n) is 5.72. The molecule has 5 aliphatic rings. The quantitative estimate of drug-likeness (QED) is 0.534. The Balaban J connectivity index is 1.95. The van der Waals surface area contributed by atoms with Crippen molar-refractivity contribution in [2.75, 3.05) is 0 Å². The van der Waals surface area contributed by atoms with Crippen molar-refractivity contribution in [3.8, 4) is 0 Å². The van der Waals surface area contributed by atoms with Crippen LogP contribution in [0.3, 0.4) is 0 Å². The van der Waals surface area contributed by atoms with E-state index in [-0.39, 0.29) is 5.41 Å². The first-order valence-electron chi connectivity index (χ1n) is 6.04. The molecule has 0 heterocycles. The molecule has 1 heteroatoms. The largest absolute Gasteiger partial charge is 0.299 e. The van der Waals surface area contributed by atoms with Crippen LogP contribution in [-0.2, 0) is 4.79 Å². The Morgan fingerprint density at radius 2 is 2.21 bits per heavy atom. The van der Waals surface area contributed by atoms with Gasteiger partial charge < -0.3 is 0 Å². The van der Waals surface area contributed by atoms with Crippen molar-refractivity contribution in [3.63, 3.8) is 0 Å². The van der Waals surface area contributed by atoms with Crippen molar-refractivity contribution < 1.29 is 4.79 Å². The first-order valence-corrected chi connectivity index (χ1v) is 6.04. The summed E-state index contributed by atoms with van der Waals surface area (Å²) in [6, 6.07) is 0. The second-order valence-corrected chi connectivity index (χ2v) is 5.72. The standard InChI is InChI=1S/C13H16O/c14-12-4-3-11-8-1-2-10-9(7-8)5-6-13(10,11)12/h1-2,8-11H,3-7H2/t8-,9-,10+,11-,13+/m1/s1. The lowest BCUT2D eigenvalue weighted by Crippen LogP contribution is -2.46. The van der Waals surface area contributed by atoms with Gasteiger partial charge in [-0.15, -0.1) is 0 Å². The minimum atomic E-state index is 0.155. The highest BCUT2D eigenvalue weighted by atomic mass is 16.1. The number of ketones is 1. The van der Waals surface area contributed by atoms with Gasteiger partial charge in [-0.2, -0.15) is 0 Å². The topological polar surface area (TPSA) is 17.1 Å². The van der Waals surface area contributed by atoms with Gasteiger partial charge in [-0.05, 0) is 49.4 Å². The van der Waals surface area contributed by atoms with Crippen molar-refractivity contribution in [2.45, 2.75) is 32.1 Å². The number of carbonyl (C=O) groups is 1. The molecular formula is C13H16O. The van der Waals surface area contributed by atoms with Gasteiger partial charge in [0, 0.05) is 11.8 Å². The molecule has 14 heavy (non-hydrogen) atoms. The lowest BCUT2D eigenvalue weighted by molar-refractivity contribution is -0.131. The Bertz CT molecular complexity index is 343. The molecule has 0 radical (unpaired) electrons. The maximum atomic E-state index is 12.1. The first kappa shape index (κ1) is 7.67. The van der Waals surface area contributed by atoms with E-state index in [1.807, 2.05) is 0 Å². The van der Waals surface area contributed by atoms with Gasteiger partial charge in [0.05, 0.1) is 0 Å². The van der Waals surface area contributed by atoms with Gasteiger partial charge >= 0.3 is 0 Å². The minimum absolute atomic E-state index is 0.155. The number of allylic oxidation sites excluding steroid dienone is 2. The van der Waals surface area contributed by atoms with Crippen molar-refractivity contribution in [2.24, 2.45) is 29.1 Å². The van der Waals surface area contributed by atoms with Gasteiger partial charge in [0.15, 0.2) is 0 Å². The molecule has 0 saturated heterocycles. The predicted molar refractivity (Wildman–Crippen MR) is 53.6 cm³/mol. The van der Waals surface area contributed by atoms with Crippen molar-refractivity contribution in [3.05, 3.63) is 12.2 Å². The number of hydrogen-bond donors (Lipinski definition) is 0. The third-order valence-electron chi connectivity index (χ3n) is 5.55. The monoisotopic (exact) mass is 188 g/mol. The van der Waals surface area contributed by atoms with Crippen LogP contribution in [-0.4, -0.2) is 5.78 Å². The zero-order valence-electron chi connectivity index (χ0n) is 8.41. The number of hydrogen-bond acceptors (Lipinski definition) is 1. The van der Waals surface area contributed by atoms with Crippen LogP contribution in [0.2, 0.25) is 0 Å².